The average Bonchev–Trinajstić information content (AvgIpc) is 2.34. The summed E-state index contributed by atoms with van der Waals surface area (Å²) in [5.41, 5.74) is 6.61. The Morgan fingerprint density at radius 2 is 1.90 bits per heavy atom. The van der Waals surface area contributed by atoms with Gasteiger partial charge in [-0.25, -0.2) is 13.1 Å². The number of rotatable bonds is 6. The van der Waals surface area contributed by atoms with Crippen LogP contribution in [0.2, 0.25) is 0 Å². The van der Waals surface area contributed by atoms with Crippen LogP contribution in [0.15, 0.2) is 11.0 Å². The predicted molar refractivity (Wildman–Crippen MR) is 80.8 cm³/mol. The van der Waals surface area contributed by atoms with Crippen LogP contribution in [0.5, 0.6) is 0 Å². The molecule has 7 nitrogen and oxygen atoms in total. The molecule has 0 saturated carbocycles. The second-order valence-electron chi connectivity index (χ2n) is 5.09. The van der Waals surface area contributed by atoms with Crippen molar-refractivity contribution in [3.8, 4) is 0 Å². The first-order valence-corrected chi connectivity index (χ1v) is 8.10. The molecule has 0 fully saturated rings. The van der Waals surface area contributed by atoms with Crippen molar-refractivity contribution >= 4 is 15.7 Å². The standard InChI is InChI=1S/C13H21N3O4S/c1-5-11(14)7-15-21(19,20)13-9(3)6-8(2)12(10(13)4)16(17)18/h6,11,15H,5,7,14H2,1-4H3. The third-order valence-electron chi connectivity index (χ3n) is 3.37. The van der Waals surface area contributed by atoms with Gasteiger partial charge < -0.3 is 5.73 Å². The summed E-state index contributed by atoms with van der Waals surface area (Å²) in [4.78, 5) is 10.5. The highest BCUT2D eigenvalue weighted by Crippen LogP contribution is 2.31. The highest BCUT2D eigenvalue weighted by Gasteiger charge is 2.27. The monoisotopic (exact) mass is 315 g/mol. The number of nitrogens with two attached hydrogens (primary N) is 1. The number of nitrogens with one attached hydrogen (secondary N) is 1. The van der Waals surface area contributed by atoms with Crippen LogP contribution in [0, 0.1) is 30.9 Å². The Hall–Kier alpha value is -1.51. The number of aryl methyl sites for hydroxylation is 2. The minimum Gasteiger partial charge on any atom is -0.327 e. The van der Waals surface area contributed by atoms with Crippen LogP contribution < -0.4 is 10.5 Å². The van der Waals surface area contributed by atoms with E-state index in [2.05, 4.69) is 4.72 Å². The summed E-state index contributed by atoms with van der Waals surface area (Å²) in [5.74, 6) is 0. The van der Waals surface area contributed by atoms with Crippen LogP contribution in [0.25, 0.3) is 0 Å². The summed E-state index contributed by atoms with van der Waals surface area (Å²) in [6, 6.07) is 1.22. The van der Waals surface area contributed by atoms with Gasteiger partial charge in [-0.15, -0.1) is 0 Å². The Balaban J connectivity index is 3.36. The normalized spacial score (nSPS) is 13.2. The zero-order valence-corrected chi connectivity index (χ0v) is 13.5. The van der Waals surface area contributed by atoms with Gasteiger partial charge in [0, 0.05) is 23.7 Å². The molecule has 0 amide bonds. The predicted octanol–water partition coefficient (Wildman–Crippen LogP) is 1.54. The molecular formula is C13H21N3O4S. The van der Waals surface area contributed by atoms with E-state index < -0.39 is 14.9 Å². The summed E-state index contributed by atoms with van der Waals surface area (Å²) in [6.45, 7) is 6.62. The SMILES string of the molecule is CCC(N)CNS(=O)(=O)c1c(C)cc(C)c([N+](=O)[O-])c1C. The van der Waals surface area contributed by atoms with E-state index in [9.17, 15) is 18.5 Å². The number of benzene rings is 1. The Kier molecular flexibility index (Phi) is 5.43. The van der Waals surface area contributed by atoms with E-state index in [-0.39, 0.29) is 28.7 Å². The second-order valence-corrected chi connectivity index (χ2v) is 6.79. The van der Waals surface area contributed by atoms with E-state index in [0.717, 1.165) is 0 Å². The molecule has 0 aliphatic carbocycles. The van der Waals surface area contributed by atoms with Gasteiger partial charge in [0.1, 0.15) is 0 Å². The van der Waals surface area contributed by atoms with E-state index >= 15 is 0 Å². The van der Waals surface area contributed by atoms with Gasteiger partial charge in [0.2, 0.25) is 10.0 Å². The van der Waals surface area contributed by atoms with Crippen molar-refractivity contribution in [2.75, 3.05) is 6.54 Å². The maximum atomic E-state index is 12.4. The quantitative estimate of drug-likeness (QED) is 0.610. The zero-order chi connectivity index (χ0) is 16.4. The molecule has 0 heterocycles. The van der Waals surface area contributed by atoms with E-state index in [1.54, 1.807) is 13.8 Å². The van der Waals surface area contributed by atoms with E-state index in [1.165, 1.54) is 13.0 Å². The van der Waals surface area contributed by atoms with E-state index in [0.29, 0.717) is 17.5 Å². The van der Waals surface area contributed by atoms with Crippen molar-refractivity contribution in [3.63, 3.8) is 0 Å². The van der Waals surface area contributed by atoms with Gasteiger partial charge in [-0.05, 0) is 38.8 Å². The van der Waals surface area contributed by atoms with Crippen LogP contribution in [0.4, 0.5) is 5.69 Å². The lowest BCUT2D eigenvalue weighted by Gasteiger charge is -2.15. The highest BCUT2D eigenvalue weighted by molar-refractivity contribution is 7.89. The topological polar surface area (TPSA) is 115 Å². The van der Waals surface area contributed by atoms with Crippen LogP contribution in [-0.4, -0.2) is 25.9 Å². The first kappa shape index (κ1) is 17.5. The summed E-state index contributed by atoms with van der Waals surface area (Å²) < 4.78 is 27.2. The Labute approximate surface area is 124 Å². The molecule has 0 aliphatic rings. The van der Waals surface area contributed by atoms with Gasteiger partial charge in [-0.3, -0.25) is 10.1 Å². The number of hydrogen-bond acceptors (Lipinski definition) is 5. The fourth-order valence-corrected chi connectivity index (χ4v) is 3.85. The molecule has 1 unspecified atom stereocenters. The van der Waals surface area contributed by atoms with Gasteiger partial charge in [-0.1, -0.05) is 6.92 Å². The molecule has 1 aromatic rings. The third kappa shape index (κ3) is 3.78. The van der Waals surface area contributed by atoms with Crippen molar-refractivity contribution in [1.29, 1.82) is 0 Å². The summed E-state index contributed by atoms with van der Waals surface area (Å²) in [6.07, 6.45) is 0.633. The number of hydrogen-bond donors (Lipinski definition) is 2. The lowest BCUT2D eigenvalue weighted by Crippen LogP contribution is -2.37. The van der Waals surface area contributed by atoms with Crippen LogP contribution >= 0.6 is 0 Å². The molecule has 0 aromatic heterocycles. The second kappa shape index (κ2) is 6.50. The van der Waals surface area contributed by atoms with Crippen molar-refractivity contribution < 1.29 is 13.3 Å². The number of nitro benzene ring substituents is 1. The van der Waals surface area contributed by atoms with Gasteiger partial charge in [-0.2, -0.15) is 0 Å². The van der Waals surface area contributed by atoms with Crippen LogP contribution in [-0.2, 0) is 10.0 Å². The molecule has 21 heavy (non-hydrogen) atoms. The molecule has 118 valence electrons. The van der Waals surface area contributed by atoms with Crippen molar-refractivity contribution in [3.05, 3.63) is 32.9 Å². The Morgan fingerprint density at radius 3 is 2.38 bits per heavy atom. The first-order valence-electron chi connectivity index (χ1n) is 6.62. The van der Waals surface area contributed by atoms with Crippen molar-refractivity contribution in [1.82, 2.24) is 4.72 Å². The summed E-state index contributed by atoms with van der Waals surface area (Å²) in [5, 5.41) is 11.1. The lowest BCUT2D eigenvalue weighted by molar-refractivity contribution is -0.386. The molecule has 0 radical (unpaired) electrons. The maximum absolute atomic E-state index is 12.4. The van der Waals surface area contributed by atoms with Gasteiger partial charge in [0.25, 0.3) is 5.69 Å². The average molecular weight is 315 g/mol. The smallest absolute Gasteiger partial charge is 0.276 e. The van der Waals surface area contributed by atoms with Gasteiger partial charge in [0.15, 0.2) is 0 Å². The molecule has 8 heteroatoms. The molecular weight excluding hydrogens is 294 g/mol. The molecule has 3 N–H and O–H groups in total. The highest BCUT2D eigenvalue weighted by atomic mass is 32.2. The zero-order valence-electron chi connectivity index (χ0n) is 12.6. The fourth-order valence-electron chi connectivity index (χ4n) is 2.29. The molecule has 0 bridgehead atoms. The van der Waals surface area contributed by atoms with Crippen molar-refractivity contribution in [2.24, 2.45) is 5.73 Å². The van der Waals surface area contributed by atoms with E-state index in [4.69, 9.17) is 5.73 Å². The van der Waals surface area contributed by atoms with E-state index in [1.807, 2.05) is 6.92 Å². The van der Waals surface area contributed by atoms with Gasteiger partial charge >= 0.3 is 0 Å². The first-order chi connectivity index (χ1) is 9.61. The fraction of sp³-hybridized carbons (Fsp3) is 0.538. The maximum Gasteiger partial charge on any atom is 0.276 e. The molecule has 0 spiro atoms. The van der Waals surface area contributed by atoms with Gasteiger partial charge in [0.05, 0.1) is 9.82 Å². The number of nitro groups is 1. The minimum atomic E-state index is -3.83. The van der Waals surface area contributed by atoms with Crippen LogP contribution in [0.3, 0.4) is 0 Å². The number of nitrogens with zero attached hydrogens (tertiary/aromatic N) is 1. The lowest BCUT2D eigenvalue weighted by atomic mass is 10.1. The third-order valence-corrected chi connectivity index (χ3v) is 5.08. The molecule has 1 atom stereocenters. The van der Waals surface area contributed by atoms with Crippen LogP contribution in [0.1, 0.15) is 30.0 Å². The minimum absolute atomic E-state index is 0.0388. The Morgan fingerprint density at radius 1 is 1.33 bits per heavy atom. The molecule has 0 saturated heterocycles. The number of sulfonamides is 1. The van der Waals surface area contributed by atoms with Crippen molar-refractivity contribution in [2.45, 2.75) is 45.1 Å². The summed E-state index contributed by atoms with van der Waals surface area (Å²) in [7, 11) is -3.83. The molecule has 1 rings (SSSR count). The largest absolute Gasteiger partial charge is 0.327 e. The molecule has 1 aromatic carbocycles. The summed E-state index contributed by atoms with van der Waals surface area (Å²) >= 11 is 0. The Bertz CT molecular complexity index is 656. The molecule has 0 aliphatic heterocycles.